The van der Waals surface area contributed by atoms with Crippen LogP contribution in [-0.4, -0.2) is 29.3 Å². The third-order valence-electron chi connectivity index (χ3n) is 7.86. The lowest BCUT2D eigenvalue weighted by Crippen LogP contribution is -2.46. The molecule has 1 aliphatic heterocycles. The van der Waals surface area contributed by atoms with E-state index >= 15 is 0 Å². The smallest absolute Gasteiger partial charge is 0.251 e. The highest BCUT2D eigenvalue weighted by Gasteiger charge is 2.61. The molecular weight excluding hydrogens is 324 g/mol. The summed E-state index contributed by atoms with van der Waals surface area (Å²) in [5, 5.41) is 3.32. The fourth-order valence-electron chi connectivity index (χ4n) is 5.52. The Morgan fingerprint density at radius 3 is 2.50 bits per heavy atom. The maximum atomic E-state index is 12.8. The third kappa shape index (κ3) is 2.65. The standard InChI is InChI=1S/C22H30N2O2/c1-21(2)17-10-11-22(21,3)18(13-17)23-20(26)16-8-6-15(7-9-16)14-24-12-4-5-19(24)25/h6-9,17-18H,4-5,10-14H2,1-3H3,(H,23,26)/t17-,18+,22-/m0/s1. The topological polar surface area (TPSA) is 49.4 Å². The predicted molar refractivity (Wildman–Crippen MR) is 102 cm³/mol. The van der Waals surface area contributed by atoms with E-state index in [2.05, 4.69) is 26.1 Å². The van der Waals surface area contributed by atoms with Gasteiger partial charge in [-0.15, -0.1) is 0 Å². The molecule has 4 nitrogen and oxygen atoms in total. The van der Waals surface area contributed by atoms with Crippen LogP contribution in [0.5, 0.6) is 0 Å². The molecule has 4 heteroatoms. The van der Waals surface area contributed by atoms with Gasteiger partial charge in [0.05, 0.1) is 0 Å². The fraction of sp³-hybridized carbons (Fsp3) is 0.636. The van der Waals surface area contributed by atoms with Crippen molar-refractivity contribution in [3.8, 4) is 0 Å². The van der Waals surface area contributed by atoms with Gasteiger partial charge >= 0.3 is 0 Å². The van der Waals surface area contributed by atoms with E-state index in [1.807, 2.05) is 29.2 Å². The monoisotopic (exact) mass is 354 g/mol. The van der Waals surface area contributed by atoms with Crippen molar-refractivity contribution in [2.75, 3.05) is 6.54 Å². The minimum absolute atomic E-state index is 0.0309. The minimum atomic E-state index is 0.0309. The molecule has 1 aromatic carbocycles. The van der Waals surface area contributed by atoms with E-state index in [1.54, 1.807) is 0 Å². The van der Waals surface area contributed by atoms with Crippen LogP contribution in [0.1, 0.15) is 68.8 Å². The van der Waals surface area contributed by atoms with Crippen LogP contribution in [0, 0.1) is 16.7 Å². The van der Waals surface area contributed by atoms with Gasteiger partial charge in [0.15, 0.2) is 0 Å². The van der Waals surface area contributed by atoms with Crippen molar-refractivity contribution in [2.45, 2.75) is 65.5 Å². The quantitative estimate of drug-likeness (QED) is 0.895. The average Bonchev–Trinajstić information content (AvgIpc) is 3.16. The lowest BCUT2D eigenvalue weighted by atomic mass is 9.69. The molecule has 3 aliphatic rings. The molecule has 26 heavy (non-hydrogen) atoms. The number of benzene rings is 1. The zero-order chi connectivity index (χ0) is 18.5. The van der Waals surface area contributed by atoms with Gasteiger partial charge in [0.25, 0.3) is 5.91 Å². The van der Waals surface area contributed by atoms with Crippen LogP contribution in [0.25, 0.3) is 0 Å². The molecule has 1 saturated heterocycles. The molecule has 4 rings (SSSR count). The number of nitrogens with zero attached hydrogens (tertiary/aromatic N) is 1. The summed E-state index contributed by atoms with van der Waals surface area (Å²) >= 11 is 0. The van der Waals surface area contributed by atoms with Crippen molar-refractivity contribution in [3.63, 3.8) is 0 Å². The fourth-order valence-corrected chi connectivity index (χ4v) is 5.52. The second-order valence-corrected chi connectivity index (χ2v) is 9.25. The summed E-state index contributed by atoms with van der Waals surface area (Å²) in [4.78, 5) is 26.4. The van der Waals surface area contributed by atoms with Gasteiger partial charge < -0.3 is 10.2 Å². The number of hydrogen-bond donors (Lipinski definition) is 1. The van der Waals surface area contributed by atoms with Gasteiger partial charge in [-0.2, -0.15) is 0 Å². The second kappa shape index (κ2) is 6.11. The summed E-state index contributed by atoms with van der Waals surface area (Å²) in [7, 11) is 0. The van der Waals surface area contributed by atoms with Crippen LogP contribution in [0.2, 0.25) is 0 Å². The first kappa shape index (κ1) is 17.6. The number of likely N-dealkylation sites (tertiary alicyclic amines) is 1. The van der Waals surface area contributed by atoms with Crippen molar-refractivity contribution >= 4 is 11.8 Å². The molecule has 2 bridgehead atoms. The largest absolute Gasteiger partial charge is 0.349 e. The van der Waals surface area contributed by atoms with Crippen molar-refractivity contribution in [1.82, 2.24) is 10.2 Å². The van der Waals surface area contributed by atoms with Gasteiger partial charge in [-0.1, -0.05) is 32.9 Å². The first-order valence-electron chi connectivity index (χ1n) is 9.99. The molecule has 0 spiro atoms. The molecule has 3 fully saturated rings. The third-order valence-corrected chi connectivity index (χ3v) is 7.86. The molecule has 0 radical (unpaired) electrons. The van der Waals surface area contributed by atoms with Gasteiger partial charge in [-0.25, -0.2) is 0 Å². The number of amides is 2. The van der Waals surface area contributed by atoms with Crippen molar-refractivity contribution in [1.29, 1.82) is 0 Å². The van der Waals surface area contributed by atoms with E-state index in [0.29, 0.717) is 23.9 Å². The Balaban J connectivity index is 1.40. The van der Waals surface area contributed by atoms with Crippen molar-refractivity contribution in [2.24, 2.45) is 16.7 Å². The highest BCUT2D eigenvalue weighted by Crippen LogP contribution is 2.65. The van der Waals surface area contributed by atoms with E-state index in [-0.39, 0.29) is 23.3 Å². The average molecular weight is 354 g/mol. The highest BCUT2D eigenvalue weighted by molar-refractivity contribution is 5.94. The van der Waals surface area contributed by atoms with E-state index in [1.165, 1.54) is 12.8 Å². The van der Waals surface area contributed by atoms with Crippen LogP contribution in [-0.2, 0) is 11.3 Å². The molecule has 140 valence electrons. The number of carbonyl (C=O) groups excluding carboxylic acids is 2. The normalized spacial score (nSPS) is 32.3. The number of carbonyl (C=O) groups is 2. The van der Waals surface area contributed by atoms with Crippen molar-refractivity contribution in [3.05, 3.63) is 35.4 Å². The van der Waals surface area contributed by atoms with Gasteiger partial charge in [0, 0.05) is 31.1 Å². The first-order valence-corrected chi connectivity index (χ1v) is 9.99. The van der Waals surface area contributed by atoms with Crippen molar-refractivity contribution < 1.29 is 9.59 Å². The summed E-state index contributed by atoms with van der Waals surface area (Å²) in [5.41, 5.74) is 2.30. The van der Waals surface area contributed by atoms with Gasteiger partial charge in [0.2, 0.25) is 5.91 Å². The second-order valence-electron chi connectivity index (χ2n) is 9.25. The Labute approximate surface area is 156 Å². The molecule has 2 saturated carbocycles. The molecule has 1 aromatic rings. The zero-order valence-electron chi connectivity index (χ0n) is 16.2. The Bertz CT molecular complexity index is 724. The SMILES string of the molecule is CC1(C)[C@H]2CC[C@@]1(C)[C@H](NC(=O)c1ccc(CN3CCCC3=O)cc1)C2. The Morgan fingerprint density at radius 2 is 1.96 bits per heavy atom. The summed E-state index contributed by atoms with van der Waals surface area (Å²) in [5.74, 6) is 0.987. The lowest BCUT2D eigenvalue weighted by molar-refractivity contribution is -0.128. The molecule has 0 aromatic heterocycles. The molecule has 0 unspecified atom stereocenters. The minimum Gasteiger partial charge on any atom is -0.349 e. The molecular formula is C22H30N2O2. The molecule has 1 N–H and O–H groups in total. The Hall–Kier alpha value is -1.84. The Morgan fingerprint density at radius 1 is 1.23 bits per heavy atom. The van der Waals surface area contributed by atoms with Gasteiger partial charge in [-0.05, 0) is 60.1 Å². The zero-order valence-corrected chi connectivity index (χ0v) is 16.2. The summed E-state index contributed by atoms with van der Waals surface area (Å²) < 4.78 is 0. The predicted octanol–water partition coefficient (Wildman–Crippen LogP) is 3.75. The highest BCUT2D eigenvalue weighted by atomic mass is 16.2. The summed E-state index contributed by atoms with van der Waals surface area (Å²) in [6, 6.07) is 8.02. The van der Waals surface area contributed by atoms with Crippen LogP contribution in [0.3, 0.4) is 0 Å². The molecule has 2 aliphatic carbocycles. The summed E-state index contributed by atoms with van der Waals surface area (Å²) in [6.45, 7) is 8.58. The van der Waals surface area contributed by atoms with Crippen LogP contribution >= 0.6 is 0 Å². The van der Waals surface area contributed by atoms with Crippen LogP contribution in [0.4, 0.5) is 0 Å². The van der Waals surface area contributed by atoms with E-state index in [4.69, 9.17) is 0 Å². The number of fused-ring (bicyclic) bond motifs is 2. The first-order chi connectivity index (χ1) is 12.3. The van der Waals surface area contributed by atoms with Gasteiger partial charge in [-0.3, -0.25) is 9.59 Å². The maximum Gasteiger partial charge on any atom is 0.251 e. The van der Waals surface area contributed by atoms with E-state index in [9.17, 15) is 9.59 Å². The lowest BCUT2D eigenvalue weighted by Gasteiger charge is -2.39. The van der Waals surface area contributed by atoms with E-state index < -0.39 is 0 Å². The number of hydrogen-bond acceptors (Lipinski definition) is 2. The molecule has 1 heterocycles. The number of nitrogens with one attached hydrogen (secondary N) is 1. The van der Waals surface area contributed by atoms with Crippen LogP contribution < -0.4 is 5.32 Å². The van der Waals surface area contributed by atoms with Gasteiger partial charge in [0.1, 0.15) is 0 Å². The summed E-state index contributed by atoms with van der Waals surface area (Å²) in [6.07, 6.45) is 5.22. The van der Waals surface area contributed by atoms with Crippen LogP contribution in [0.15, 0.2) is 24.3 Å². The number of rotatable bonds is 4. The molecule has 2 amide bonds. The van der Waals surface area contributed by atoms with E-state index in [0.717, 1.165) is 30.9 Å². The Kier molecular flexibility index (Phi) is 4.13. The maximum absolute atomic E-state index is 12.8. The molecule has 3 atom stereocenters.